The number of nitrogens with one attached hydrogen (secondary N) is 1. The monoisotopic (exact) mass is 346 g/mol. The zero-order chi connectivity index (χ0) is 16.9. The number of hydrogen-bond acceptors (Lipinski definition) is 3. The van der Waals surface area contributed by atoms with Crippen LogP contribution in [0.4, 0.5) is 5.69 Å². The molecule has 24 heavy (non-hydrogen) atoms. The summed E-state index contributed by atoms with van der Waals surface area (Å²) in [6, 6.07) is 4.15. The third-order valence-electron chi connectivity index (χ3n) is 6.39. The Balaban J connectivity index is 1.82. The van der Waals surface area contributed by atoms with Crippen molar-refractivity contribution in [1.82, 2.24) is 0 Å². The molecule has 1 aromatic carbocycles. The molecule has 4 saturated carbocycles. The molecule has 3 N–H and O–H groups in total. The average molecular weight is 346 g/mol. The number of benzene rings is 1. The number of hydrogen-bond donors (Lipinski definition) is 2. The number of nitrogens with two attached hydrogens (primary N) is 1. The zero-order valence-corrected chi connectivity index (χ0v) is 15.2. The number of rotatable bonds is 4. The molecular formula is C19H26N2O2S. The highest BCUT2D eigenvalue weighted by atomic mass is 32.1. The van der Waals surface area contributed by atoms with Crippen LogP contribution in [0.15, 0.2) is 12.1 Å². The minimum absolute atomic E-state index is 0.238. The third kappa shape index (κ3) is 2.53. The van der Waals surface area contributed by atoms with Crippen LogP contribution in [0, 0.1) is 17.8 Å². The fraction of sp³-hybridized carbons (Fsp3) is 0.632. The van der Waals surface area contributed by atoms with Crippen LogP contribution in [0.3, 0.4) is 0 Å². The molecule has 5 heteroatoms. The Labute approximate surface area is 149 Å². The van der Waals surface area contributed by atoms with Gasteiger partial charge in [0.2, 0.25) is 0 Å². The lowest BCUT2D eigenvalue weighted by molar-refractivity contribution is -0.00493. The first-order valence-electron chi connectivity index (χ1n) is 8.86. The standard InChI is InChI=1S/C19H26N2O2S/c1-22-16-6-14(15(21-18(20)24)7-17(16)23-2)19-8-11-3-12(9-19)5-13(4-11)10-19/h6-7,11-13H,3-5,8-10H2,1-2H3,(H3,20,21,24). The van der Waals surface area contributed by atoms with E-state index in [0.717, 1.165) is 29.2 Å². The molecule has 0 unspecified atom stereocenters. The maximum Gasteiger partial charge on any atom is 0.168 e. The smallest absolute Gasteiger partial charge is 0.168 e. The number of methoxy groups -OCH3 is 2. The molecule has 4 aliphatic rings. The van der Waals surface area contributed by atoms with Gasteiger partial charge in [0.05, 0.1) is 14.2 Å². The first-order valence-corrected chi connectivity index (χ1v) is 9.27. The highest BCUT2D eigenvalue weighted by Crippen LogP contribution is 2.62. The predicted molar refractivity (Wildman–Crippen MR) is 99.8 cm³/mol. The summed E-state index contributed by atoms with van der Waals surface area (Å²) in [5, 5.41) is 3.50. The van der Waals surface area contributed by atoms with Crippen molar-refractivity contribution < 1.29 is 9.47 Å². The van der Waals surface area contributed by atoms with E-state index in [1.54, 1.807) is 14.2 Å². The summed E-state index contributed by atoms with van der Waals surface area (Å²) in [5.41, 5.74) is 8.33. The Morgan fingerprint density at radius 3 is 2.00 bits per heavy atom. The molecule has 0 aliphatic heterocycles. The molecule has 0 heterocycles. The van der Waals surface area contributed by atoms with Crippen LogP contribution in [0.1, 0.15) is 44.1 Å². The molecule has 130 valence electrons. The van der Waals surface area contributed by atoms with Gasteiger partial charge in [0.1, 0.15) is 0 Å². The lowest BCUT2D eigenvalue weighted by Gasteiger charge is -2.57. The van der Waals surface area contributed by atoms with E-state index in [9.17, 15) is 0 Å². The van der Waals surface area contributed by atoms with E-state index in [1.807, 2.05) is 6.07 Å². The van der Waals surface area contributed by atoms with Crippen LogP contribution < -0.4 is 20.5 Å². The first kappa shape index (κ1) is 16.0. The van der Waals surface area contributed by atoms with E-state index >= 15 is 0 Å². The molecule has 4 aliphatic carbocycles. The molecule has 5 rings (SSSR count). The number of ether oxygens (including phenoxy) is 2. The van der Waals surface area contributed by atoms with Gasteiger partial charge in [-0.2, -0.15) is 0 Å². The minimum atomic E-state index is 0.238. The molecule has 0 amide bonds. The largest absolute Gasteiger partial charge is 0.493 e. The van der Waals surface area contributed by atoms with Crippen molar-refractivity contribution >= 4 is 23.0 Å². The number of thiocarbonyl (C=S) groups is 1. The van der Waals surface area contributed by atoms with Crippen LogP contribution in [0.25, 0.3) is 0 Å². The normalized spacial score (nSPS) is 33.3. The number of anilines is 1. The summed E-state index contributed by atoms with van der Waals surface area (Å²) in [6.45, 7) is 0. The molecular weight excluding hydrogens is 320 g/mol. The summed E-state index contributed by atoms with van der Waals surface area (Å²) >= 11 is 5.12. The van der Waals surface area contributed by atoms with Crippen LogP contribution in [-0.2, 0) is 5.41 Å². The van der Waals surface area contributed by atoms with Crippen LogP contribution in [0.5, 0.6) is 11.5 Å². The Kier molecular flexibility index (Phi) is 3.87. The molecule has 4 fully saturated rings. The Morgan fingerprint density at radius 1 is 1.04 bits per heavy atom. The Morgan fingerprint density at radius 2 is 1.54 bits per heavy atom. The second kappa shape index (κ2) is 5.80. The average Bonchev–Trinajstić information content (AvgIpc) is 2.52. The maximum atomic E-state index is 5.80. The molecule has 0 atom stereocenters. The van der Waals surface area contributed by atoms with Gasteiger partial charge in [-0.05, 0) is 85.5 Å². The van der Waals surface area contributed by atoms with E-state index in [0.29, 0.717) is 10.9 Å². The lowest BCUT2D eigenvalue weighted by Crippen LogP contribution is -2.48. The third-order valence-corrected chi connectivity index (χ3v) is 6.49. The van der Waals surface area contributed by atoms with E-state index in [2.05, 4.69) is 11.4 Å². The highest BCUT2D eigenvalue weighted by molar-refractivity contribution is 7.80. The van der Waals surface area contributed by atoms with Gasteiger partial charge in [-0.25, -0.2) is 0 Å². The molecule has 1 aromatic rings. The van der Waals surface area contributed by atoms with E-state index in [-0.39, 0.29) is 5.41 Å². The van der Waals surface area contributed by atoms with Crippen molar-refractivity contribution in [1.29, 1.82) is 0 Å². The highest BCUT2D eigenvalue weighted by Gasteiger charge is 2.52. The van der Waals surface area contributed by atoms with Gasteiger partial charge in [0.15, 0.2) is 16.6 Å². The molecule has 0 aromatic heterocycles. The van der Waals surface area contributed by atoms with Gasteiger partial charge in [-0.15, -0.1) is 0 Å². The zero-order valence-electron chi connectivity index (χ0n) is 14.4. The van der Waals surface area contributed by atoms with Gasteiger partial charge in [0.25, 0.3) is 0 Å². The summed E-state index contributed by atoms with van der Waals surface area (Å²) in [7, 11) is 3.36. The minimum Gasteiger partial charge on any atom is -0.493 e. The van der Waals surface area contributed by atoms with Crippen LogP contribution in [-0.4, -0.2) is 19.3 Å². The molecule has 0 saturated heterocycles. The Hall–Kier alpha value is -1.49. The summed E-state index contributed by atoms with van der Waals surface area (Å²) in [5.74, 6) is 4.13. The van der Waals surface area contributed by atoms with Gasteiger partial charge in [0, 0.05) is 11.8 Å². The van der Waals surface area contributed by atoms with Crippen molar-refractivity contribution in [2.75, 3.05) is 19.5 Å². The molecule has 4 nitrogen and oxygen atoms in total. The SMILES string of the molecule is COc1cc(NC(N)=S)c(C23CC4CC(CC(C4)C2)C3)cc1OC. The van der Waals surface area contributed by atoms with Crippen molar-refractivity contribution in [3.63, 3.8) is 0 Å². The fourth-order valence-electron chi connectivity index (χ4n) is 5.99. The summed E-state index contributed by atoms with van der Waals surface area (Å²) in [4.78, 5) is 0. The van der Waals surface area contributed by atoms with E-state index in [1.165, 1.54) is 44.1 Å². The quantitative estimate of drug-likeness (QED) is 0.812. The second-order valence-electron chi connectivity index (χ2n) is 7.94. The molecule has 4 bridgehead atoms. The summed E-state index contributed by atoms with van der Waals surface area (Å²) in [6.07, 6.45) is 8.10. The fourth-order valence-corrected chi connectivity index (χ4v) is 6.10. The van der Waals surface area contributed by atoms with E-state index < -0.39 is 0 Å². The van der Waals surface area contributed by atoms with E-state index in [4.69, 9.17) is 27.4 Å². The maximum absolute atomic E-state index is 5.80. The van der Waals surface area contributed by atoms with Crippen molar-refractivity contribution in [3.8, 4) is 11.5 Å². The van der Waals surface area contributed by atoms with Crippen LogP contribution in [0.2, 0.25) is 0 Å². The predicted octanol–water partition coefficient (Wildman–Crippen LogP) is 3.83. The first-order chi connectivity index (χ1) is 11.5. The lowest BCUT2D eigenvalue weighted by atomic mass is 9.48. The van der Waals surface area contributed by atoms with Crippen molar-refractivity contribution in [2.45, 2.75) is 43.9 Å². The van der Waals surface area contributed by atoms with Gasteiger partial charge in [-0.3, -0.25) is 0 Å². The van der Waals surface area contributed by atoms with Gasteiger partial charge >= 0.3 is 0 Å². The van der Waals surface area contributed by atoms with Gasteiger partial charge < -0.3 is 20.5 Å². The summed E-state index contributed by atoms with van der Waals surface area (Å²) < 4.78 is 11.1. The molecule has 0 radical (unpaired) electrons. The van der Waals surface area contributed by atoms with Crippen molar-refractivity contribution in [3.05, 3.63) is 17.7 Å². The Bertz CT molecular complexity index is 638. The van der Waals surface area contributed by atoms with Crippen LogP contribution >= 0.6 is 12.2 Å². The topological polar surface area (TPSA) is 56.5 Å². The second-order valence-corrected chi connectivity index (χ2v) is 8.38. The van der Waals surface area contributed by atoms with Crippen molar-refractivity contribution in [2.24, 2.45) is 23.5 Å². The molecule has 0 spiro atoms. The van der Waals surface area contributed by atoms with Gasteiger partial charge in [-0.1, -0.05) is 0 Å².